The number of fused-ring (bicyclic) bond motifs is 1. The van der Waals surface area contributed by atoms with Crippen LogP contribution in [0.1, 0.15) is 57.2 Å². The minimum absolute atomic E-state index is 0.210. The van der Waals surface area contributed by atoms with Gasteiger partial charge >= 0.3 is 0 Å². The number of nitrogens with zero attached hydrogens (tertiary/aromatic N) is 3. The molecule has 2 amide bonds. The number of aromatic nitrogens is 2. The summed E-state index contributed by atoms with van der Waals surface area (Å²) < 4.78 is 1.92. The van der Waals surface area contributed by atoms with Crippen molar-refractivity contribution < 1.29 is 9.59 Å². The monoisotopic (exact) mass is 397 g/mol. The van der Waals surface area contributed by atoms with E-state index in [-0.39, 0.29) is 11.8 Å². The molecule has 1 aliphatic heterocycles. The van der Waals surface area contributed by atoms with Crippen molar-refractivity contribution in [3.05, 3.63) is 46.5 Å². The molecule has 0 bridgehead atoms. The number of aryl methyl sites for hydroxylation is 1. The van der Waals surface area contributed by atoms with Crippen LogP contribution in [-0.4, -0.2) is 53.5 Å². The second-order valence-electron chi connectivity index (χ2n) is 7.95. The van der Waals surface area contributed by atoms with Gasteiger partial charge in [0.15, 0.2) is 11.5 Å². The van der Waals surface area contributed by atoms with Crippen molar-refractivity contribution in [1.29, 1.82) is 0 Å². The molecule has 1 aromatic carbocycles. The first kappa shape index (κ1) is 21.0. The Kier molecular flexibility index (Phi) is 6.69. The van der Waals surface area contributed by atoms with Gasteiger partial charge in [-0.15, -0.1) is 0 Å². The van der Waals surface area contributed by atoms with E-state index >= 15 is 0 Å². The van der Waals surface area contributed by atoms with Crippen LogP contribution in [0.5, 0.6) is 0 Å². The van der Waals surface area contributed by atoms with Crippen molar-refractivity contribution in [3.63, 3.8) is 0 Å². The molecule has 0 aliphatic carbocycles. The molecule has 0 fully saturated rings. The van der Waals surface area contributed by atoms with Crippen molar-refractivity contribution in [3.8, 4) is 0 Å². The van der Waals surface area contributed by atoms with Gasteiger partial charge in [-0.25, -0.2) is 4.98 Å². The number of nitrogens with one attached hydrogen (secondary N) is 2. The number of imidazole rings is 1. The quantitative estimate of drug-likeness (QED) is 0.704. The van der Waals surface area contributed by atoms with Gasteiger partial charge in [-0.3, -0.25) is 9.59 Å². The topological polar surface area (TPSA) is 79.3 Å². The summed E-state index contributed by atoms with van der Waals surface area (Å²) in [5.74, 6) is -0.121. The maximum Gasteiger partial charge on any atom is 0.287 e. The Balaban J connectivity index is 1.79. The molecule has 0 radical (unpaired) electrons. The normalized spacial score (nSPS) is 13.3. The maximum absolute atomic E-state index is 13.0. The molecule has 29 heavy (non-hydrogen) atoms. The Bertz CT molecular complexity index is 901. The fourth-order valence-electron chi connectivity index (χ4n) is 3.64. The number of hydrogen-bond donors (Lipinski definition) is 2. The maximum atomic E-state index is 13.0. The van der Waals surface area contributed by atoms with E-state index in [0.717, 1.165) is 61.3 Å². The molecule has 2 heterocycles. The third-order valence-electron chi connectivity index (χ3n) is 5.46. The Labute approximate surface area is 172 Å². The number of carbonyl (C=O) groups excluding carboxylic acids is 2. The summed E-state index contributed by atoms with van der Waals surface area (Å²) in [7, 11) is 4.02. The first-order chi connectivity index (χ1) is 13.9. The summed E-state index contributed by atoms with van der Waals surface area (Å²) in [5, 5.41) is 5.92. The first-order valence-electron chi connectivity index (χ1n) is 10.3. The Morgan fingerprint density at radius 1 is 1.17 bits per heavy atom. The number of amides is 2. The van der Waals surface area contributed by atoms with Crippen LogP contribution in [0.4, 0.5) is 5.69 Å². The number of anilines is 1. The van der Waals surface area contributed by atoms with Crippen LogP contribution in [0.25, 0.3) is 0 Å². The lowest BCUT2D eigenvalue weighted by atomic mass is 10.1. The zero-order chi connectivity index (χ0) is 21.0. The average Bonchev–Trinajstić information content (AvgIpc) is 3.08. The van der Waals surface area contributed by atoms with Crippen LogP contribution in [0, 0.1) is 13.8 Å². The van der Waals surface area contributed by atoms with Crippen LogP contribution in [0.2, 0.25) is 0 Å². The lowest BCUT2D eigenvalue weighted by molar-refractivity contribution is 0.0936. The molecule has 3 rings (SSSR count). The van der Waals surface area contributed by atoms with Crippen molar-refractivity contribution in [2.24, 2.45) is 0 Å². The molecule has 0 saturated heterocycles. The van der Waals surface area contributed by atoms with Crippen LogP contribution < -0.4 is 10.6 Å². The minimum atomic E-state index is -0.254. The second-order valence-corrected chi connectivity index (χ2v) is 7.95. The molecular formula is C22H31N5O2. The summed E-state index contributed by atoms with van der Waals surface area (Å²) in [6.45, 7) is 6.22. The van der Waals surface area contributed by atoms with E-state index < -0.39 is 0 Å². The highest BCUT2D eigenvalue weighted by Crippen LogP contribution is 2.24. The summed E-state index contributed by atoms with van der Waals surface area (Å²) in [4.78, 5) is 32.3. The Morgan fingerprint density at radius 2 is 1.97 bits per heavy atom. The van der Waals surface area contributed by atoms with E-state index in [4.69, 9.17) is 0 Å². The smallest absolute Gasteiger partial charge is 0.287 e. The van der Waals surface area contributed by atoms with E-state index in [2.05, 4.69) is 20.5 Å². The number of carbonyl (C=O) groups is 2. The van der Waals surface area contributed by atoms with E-state index in [1.165, 1.54) is 0 Å². The first-order valence-corrected chi connectivity index (χ1v) is 10.3. The van der Waals surface area contributed by atoms with Gasteiger partial charge in [-0.05, 0) is 77.4 Å². The van der Waals surface area contributed by atoms with Crippen LogP contribution in [0.3, 0.4) is 0 Å². The molecule has 0 unspecified atom stereocenters. The third-order valence-corrected chi connectivity index (χ3v) is 5.46. The summed E-state index contributed by atoms with van der Waals surface area (Å²) >= 11 is 0. The molecule has 0 saturated carbocycles. The molecule has 2 aromatic rings. The zero-order valence-electron chi connectivity index (χ0n) is 17.8. The standard InChI is InChI=1S/C22H31N5O2/c1-15-9-7-10-17(16(15)2)24-21(28)19-18-11-5-6-14-27(18)20(25-19)22(29)23-12-8-13-26(3)4/h7,9-10H,5-6,8,11-14H2,1-4H3,(H,23,29)(H,24,28). The molecule has 0 atom stereocenters. The molecule has 7 heteroatoms. The number of benzene rings is 1. The van der Waals surface area contributed by atoms with Gasteiger partial charge in [0, 0.05) is 18.8 Å². The van der Waals surface area contributed by atoms with Gasteiger partial charge in [0.05, 0.1) is 5.69 Å². The summed E-state index contributed by atoms with van der Waals surface area (Å²) in [6.07, 6.45) is 3.62. The van der Waals surface area contributed by atoms with Gasteiger partial charge < -0.3 is 20.1 Å². The van der Waals surface area contributed by atoms with E-state index in [0.29, 0.717) is 18.1 Å². The molecule has 156 valence electrons. The Hall–Kier alpha value is -2.67. The highest BCUT2D eigenvalue weighted by molar-refractivity contribution is 6.05. The van der Waals surface area contributed by atoms with Crippen molar-refractivity contribution in [2.45, 2.75) is 46.1 Å². The largest absolute Gasteiger partial charge is 0.349 e. The zero-order valence-corrected chi connectivity index (χ0v) is 17.8. The predicted molar refractivity (Wildman–Crippen MR) is 115 cm³/mol. The molecule has 2 N–H and O–H groups in total. The van der Waals surface area contributed by atoms with Gasteiger partial charge in [-0.2, -0.15) is 0 Å². The van der Waals surface area contributed by atoms with Gasteiger partial charge in [-0.1, -0.05) is 12.1 Å². The molecule has 0 spiro atoms. The van der Waals surface area contributed by atoms with Gasteiger partial charge in [0.1, 0.15) is 0 Å². The van der Waals surface area contributed by atoms with E-state index in [1.54, 1.807) is 0 Å². The highest BCUT2D eigenvalue weighted by atomic mass is 16.2. The van der Waals surface area contributed by atoms with E-state index in [9.17, 15) is 9.59 Å². The minimum Gasteiger partial charge on any atom is -0.349 e. The Morgan fingerprint density at radius 3 is 2.72 bits per heavy atom. The molecule has 7 nitrogen and oxygen atoms in total. The highest BCUT2D eigenvalue weighted by Gasteiger charge is 2.27. The van der Waals surface area contributed by atoms with Gasteiger partial charge in [0.2, 0.25) is 0 Å². The molecular weight excluding hydrogens is 366 g/mol. The fourth-order valence-corrected chi connectivity index (χ4v) is 3.64. The van der Waals surface area contributed by atoms with Crippen LogP contribution in [0.15, 0.2) is 18.2 Å². The van der Waals surface area contributed by atoms with Gasteiger partial charge in [0.25, 0.3) is 11.8 Å². The van der Waals surface area contributed by atoms with Crippen LogP contribution >= 0.6 is 0 Å². The molecule has 1 aromatic heterocycles. The second kappa shape index (κ2) is 9.22. The van der Waals surface area contributed by atoms with Crippen molar-refractivity contribution in [2.75, 3.05) is 32.5 Å². The van der Waals surface area contributed by atoms with E-state index in [1.807, 2.05) is 50.7 Å². The number of rotatable bonds is 7. The predicted octanol–water partition coefficient (Wildman–Crippen LogP) is 2.77. The van der Waals surface area contributed by atoms with Crippen molar-refractivity contribution in [1.82, 2.24) is 19.8 Å². The number of hydrogen-bond acceptors (Lipinski definition) is 4. The lowest BCUT2D eigenvalue weighted by Crippen LogP contribution is -2.30. The molecule has 1 aliphatic rings. The SMILES string of the molecule is Cc1cccc(NC(=O)c2nc(C(=O)NCCCN(C)C)n3c2CCCC3)c1C. The summed E-state index contributed by atoms with van der Waals surface area (Å²) in [5.41, 5.74) is 4.16. The van der Waals surface area contributed by atoms with Crippen LogP contribution in [-0.2, 0) is 13.0 Å². The lowest BCUT2D eigenvalue weighted by Gasteiger charge is -2.17. The van der Waals surface area contributed by atoms with Crippen molar-refractivity contribution >= 4 is 17.5 Å². The fraction of sp³-hybridized carbons (Fsp3) is 0.500. The summed E-state index contributed by atoms with van der Waals surface area (Å²) in [6, 6.07) is 5.83. The average molecular weight is 398 g/mol. The third kappa shape index (κ3) is 4.85.